The number of hydrogen-bond donors (Lipinski definition) is 0. The third-order valence-electron chi connectivity index (χ3n) is 5.96. The molecule has 0 saturated heterocycles. The normalized spacial score (nSPS) is 11.6. The number of para-hydroxylation sites is 3. The largest absolute Gasteiger partial charge is 0.343 e. The van der Waals surface area contributed by atoms with E-state index in [1.54, 1.807) is 0 Å². The van der Waals surface area contributed by atoms with Crippen LogP contribution in [0.1, 0.15) is 5.56 Å². The second-order valence-corrected chi connectivity index (χ2v) is 7.44. The van der Waals surface area contributed by atoms with Gasteiger partial charge in [-0.25, -0.2) is 0 Å². The van der Waals surface area contributed by atoms with Gasteiger partial charge in [0.05, 0.1) is 22.1 Å². The first kappa shape index (κ1) is 16.0. The molecule has 0 aliphatic rings. The van der Waals surface area contributed by atoms with E-state index >= 15 is 0 Å². The molecule has 29 heavy (non-hydrogen) atoms. The number of aromatic nitrogens is 2. The summed E-state index contributed by atoms with van der Waals surface area (Å²) in [5, 5.41) is 14.4. The molecule has 0 bridgehead atoms. The zero-order valence-electron chi connectivity index (χ0n) is 15.9. The Labute approximate surface area is 167 Å². The Hall–Kier alpha value is -4.03. The quantitative estimate of drug-likeness (QED) is 0.334. The van der Waals surface area contributed by atoms with Crippen LogP contribution in [0.2, 0.25) is 0 Å². The highest BCUT2D eigenvalue weighted by atomic mass is 15.0. The molecule has 4 aromatic carbocycles. The highest BCUT2D eigenvalue weighted by Crippen LogP contribution is 2.35. The maximum absolute atomic E-state index is 9.56. The van der Waals surface area contributed by atoms with Gasteiger partial charge in [0, 0.05) is 39.8 Å². The van der Waals surface area contributed by atoms with E-state index < -0.39 is 0 Å². The summed E-state index contributed by atoms with van der Waals surface area (Å²) in [7, 11) is 2.03. The first-order chi connectivity index (χ1) is 14.3. The van der Waals surface area contributed by atoms with Crippen LogP contribution in [0.5, 0.6) is 0 Å². The molecular formula is C26H17N3. The molecule has 0 spiro atoms. The predicted octanol–water partition coefficient (Wildman–Crippen LogP) is 6.30. The van der Waals surface area contributed by atoms with Gasteiger partial charge in [0.15, 0.2) is 0 Å². The number of nitriles is 1. The zero-order chi connectivity index (χ0) is 19.5. The fourth-order valence-corrected chi connectivity index (χ4v) is 4.70. The summed E-state index contributed by atoms with van der Waals surface area (Å²) in [4.78, 5) is 0. The van der Waals surface area contributed by atoms with Crippen molar-refractivity contribution >= 4 is 43.6 Å². The summed E-state index contributed by atoms with van der Waals surface area (Å²) in [6.07, 6.45) is 0. The Morgan fingerprint density at radius 1 is 0.655 bits per heavy atom. The topological polar surface area (TPSA) is 33.6 Å². The lowest BCUT2D eigenvalue weighted by Gasteiger charge is -2.08. The first-order valence-electron chi connectivity index (χ1n) is 9.68. The van der Waals surface area contributed by atoms with Gasteiger partial charge in [-0.2, -0.15) is 5.26 Å². The van der Waals surface area contributed by atoms with Crippen molar-refractivity contribution < 1.29 is 0 Å². The number of aryl methyl sites for hydroxylation is 1. The van der Waals surface area contributed by atoms with Crippen LogP contribution in [0.4, 0.5) is 0 Å². The Morgan fingerprint density at radius 3 is 2.00 bits per heavy atom. The minimum Gasteiger partial charge on any atom is -0.343 e. The molecule has 0 aliphatic heterocycles. The maximum Gasteiger partial charge on any atom is 0.101 e. The van der Waals surface area contributed by atoms with Gasteiger partial charge in [0.25, 0.3) is 0 Å². The van der Waals surface area contributed by atoms with Gasteiger partial charge in [-0.3, -0.25) is 0 Å². The highest BCUT2D eigenvalue weighted by molar-refractivity contribution is 6.12. The van der Waals surface area contributed by atoms with Crippen molar-refractivity contribution in [3.63, 3.8) is 0 Å². The molecule has 136 valence electrons. The van der Waals surface area contributed by atoms with Crippen molar-refractivity contribution in [2.75, 3.05) is 0 Å². The Balaban J connectivity index is 1.76. The van der Waals surface area contributed by atoms with E-state index in [0.29, 0.717) is 5.56 Å². The lowest BCUT2D eigenvalue weighted by Crippen LogP contribution is -1.94. The molecule has 0 unspecified atom stereocenters. The van der Waals surface area contributed by atoms with Gasteiger partial charge >= 0.3 is 0 Å². The standard InChI is InChI=1S/C26H17N3/c1-28-23-14-13-18(15-22(23)21-10-6-7-17(16-27)26(21)28)29-24-11-4-2-8-19(24)20-9-3-5-12-25(20)29/h2-15H,1H3. The second-order valence-electron chi connectivity index (χ2n) is 7.44. The molecule has 2 heterocycles. The molecule has 0 radical (unpaired) electrons. The van der Waals surface area contributed by atoms with Crippen LogP contribution in [-0.4, -0.2) is 9.13 Å². The summed E-state index contributed by atoms with van der Waals surface area (Å²) < 4.78 is 4.45. The van der Waals surface area contributed by atoms with E-state index in [1.807, 2.05) is 19.2 Å². The van der Waals surface area contributed by atoms with Gasteiger partial charge in [-0.05, 0) is 36.4 Å². The SMILES string of the molecule is Cn1c2ccc(-n3c4ccccc4c4ccccc43)cc2c2cccc(C#N)c21. The van der Waals surface area contributed by atoms with Crippen molar-refractivity contribution in [3.05, 3.63) is 90.5 Å². The highest BCUT2D eigenvalue weighted by Gasteiger charge is 2.15. The zero-order valence-corrected chi connectivity index (χ0v) is 15.9. The third kappa shape index (κ3) is 2.06. The summed E-state index contributed by atoms with van der Waals surface area (Å²) in [6.45, 7) is 0. The maximum atomic E-state index is 9.56. The Bertz CT molecular complexity index is 1570. The summed E-state index contributed by atoms with van der Waals surface area (Å²) in [5.41, 5.74) is 6.36. The smallest absolute Gasteiger partial charge is 0.101 e. The van der Waals surface area contributed by atoms with Crippen LogP contribution in [-0.2, 0) is 7.05 Å². The summed E-state index contributed by atoms with van der Waals surface area (Å²) in [6, 6.07) is 32.0. The van der Waals surface area contributed by atoms with E-state index in [2.05, 4.69) is 88.0 Å². The van der Waals surface area contributed by atoms with Crippen LogP contribution in [0, 0.1) is 11.3 Å². The monoisotopic (exact) mass is 371 g/mol. The molecular weight excluding hydrogens is 354 g/mol. The molecule has 0 amide bonds. The van der Waals surface area contributed by atoms with Crippen LogP contribution < -0.4 is 0 Å². The van der Waals surface area contributed by atoms with Gasteiger partial charge in [0.1, 0.15) is 6.07 Å². The third-order valence-corrected chi connectivity index (χ3v) is 5.96. The predicted molar refractivity (Wildman–Crippen MR) is 119 cm³/mol. The van der Waals surface area contributed by atoms with E-state index in [1.165, 1.54) is 27.2 Å². The second kappa shape index (κ2) is 5.73. The minimum absolute atomic E-state index is 0.708. The average Bonchev–Trinajstić information content (AvgIpc) is 3.26. The van der Waals surface area contributed by atoms with E-state index in [4.69, 9.17) is 0 Å². The molecule has 0 aliphatic carbocycles. The Morgan fingerprint density at radius 2 is 1.31 bits per heavy atom. The van der Waals surface area contributed by atoms with Gasteiger partial charge in [0.2, 0.25) is 0 Å². The van der Waals surface area contributed by atoms with Gasteiger partial charge in [-0.1, -0.05) is 48.5 Å². The molecule has 3 nitrogen and oxygen atoms in total. The summed E-state index contributed by atoms with van der Waals surface area (Å²) in [5.74, 6) is 0. The number of nitrogens with zero attached hydrogens (tertiary/aromatic N) is 3. The molecule has 6 aromatic rings. The molecule has 0 atom stereocenters. The lowest BCUT2D eigenvalue weighted by atomic mass is 10.1. The molecule has 0 N–H and O–H groups in total. The van der Waals surface area contributed by atoms with Crippen molar-refractivity contribution in [3.8, 4) is 11.8 Å². The molecule has 0 fully saturated rings. The van der Waals surface area contributed by atoms with Crippen molar-refractivity contribution in [1.29, 1.82) is 5.26 Å². The van der Waals surface area contributed by atoms with Crippen LogP contribution >= 0.6 is 0 Å². The fraction of sp³-hybridized carbons (Fsp3) is 0.0385. The van der Waals surface area contributed by atoms with Gasteiger partial charge < -0.3 is 9.13 Å². The lowest BCUT2D eigenvalue weighted by molar-refractivity contribution is 1.01. The molecule has 3 heteroatoms. The summed E-state index contributed by atoms with van der Waals surface area (Å²) >= 11 is 0. The first-order valence-corrected chi connectivity index (χ1v) is 9.68. The van der Waals surface area contributed by atoms with Gasteiger partial charge in [-0.15, -0.1) is 0 Å². The molecule has 2 aromatic heterocycles. The van der Waals surface area contributed by atoms with Crippen LogP contribution in [0.3, 0.4) is 0 Å². The van der Waals surface area contributed by atoms with Crippen molar-refractivity contribution in [2.45, 2.75) is 0 Å². The number of rotatable bonds is 1. The Kier molecular flexibility index (Phi) is 3.16. The number of benzene rings is 4. The van der Waals surface area contributed by atoms with Crippen LogP contribution in [0.25, 0.3) is 49.3 Å². The van der Waals surface area contributed by atoms with E-state index in [9.17, 15) is 5.26 Å². The average molecular weight is 371 g/mol. The number of hydrogen-bond acceptors (Lipinski definition) is 1. The van der Waals surface area contributed by atoms with E-state index in [-0.39, 0.29) is 0 Å². The molecule has 0 saturated carbocycles. The van der Waals surface area contributed by atoms with E-state index in [0.717, 1.165) is 22.1 Å². The molecule has 6 rings (SSSR count). The fourth-order valence-electron chi connectivity index (χ4n) is 4.70. The van der Waals surface area contributed by atoms with Crippen LogP contribution in [0.15, 0.2) is 84.9 Å². The van der Waals surface area contributed by atoms with Crippen molar-refractivity contribution in [2.24, 2.45) is 7.05 Å². The minimum atomic E-state index is 0.708. The van der Waals surface area contributed by atoms with Crippen molar-refractivity contribution in [1.82, 2.24) is 9.13 Å². The number of fused-ring (bicyclic) bond motifs is 6.